The smallest absolute Gasteiger partial charge is 0.415 e. The fourth-order valence-corrected chi connectivity index (χ4v) is 6.97. The minimum absolute atomic E-state index is 0.0149. The second kappa shape index (κ2) is 15.6. The molecule has 55 heavy (non-hydrogen) atoms. The van der Waals surface area contributed by atoms with Gasteiger partial charge in [-0.2, -0.15) is 0 Å². The first kappa shape index (κ1) is 37.8. The summed E-state index contributed by atoms with van der Waals surface area (Å²) in [5, 5.41) is 25.9. The first-order chi connectivity index (χ1) is 26.3. The molecule has 0 bridgehead atoms. The van der Waals surface area contributed by atoms with E-state index in [-0.39, 0.29) is 71.1 Å². The molecule has 2 aliphatic rings. The van der Waals surface area contributed by atoms with Gasteiger partial charge < -0.3 is 24.4 Å². The van der Waals surface area contributed by atoms with E-state index >= 15 is 0 Å². The van der Waals surface area contributed by atoms with E-state index in [1.165, 1.54) is 29.2 Å². The number of rotatable bonds is 12. The largest absolute Gasteiger partial charge is 0.488 e. The summed E-state index contributed by atoms with van der Waals surface area (Å²) in [6.45, 7) is 5.72. The normalized spacial score (nSPS) is 17.3. The molecule has 2 heterocycles. The predicted molar refractivity (Wildman–Crippen MR) is 194 cm³/mol. The van der Waals surface area contributed by atoms with Gasteiger partial charge in [0.1, 0.15) is 18.1 Å². The van der Waals surface area contributed by atoms with E-state index in [9.17, 15) is 44.2 Å². The van der Waals surface area contributed by atoms with Crippen LogP contribution in [0.5, 0.6) is 5.75 Å². The second-order valence-corrected chi connectivity index (χ2v) is 13.3. The molecule has 3 atom stereocenters. The van der Waals surface area contributed by atoms with Crippen molar-refractivity contribution < 1.29 is 48.0 Å². The molecule has 282 valence electrons. The number of hydrogen-bond donors (Lipinski definition) is 1. The number of benzene rings is 4. The number of ether oxygens (including phenoxy) is 3. The van der Waals surface area contributed by atoms with Crippen molar-refractivity contribution in [1.29, 1.82) is 0 Å². The van der Waals surface area contributed by atoms with Crippen LogP contribution >= 0.6 is 0 Å². The highest BCUT2D eigenvalue weighted by Crippen LogP contribution is 2.49. The monoisotopic (exact) mass is 750 g/mol. The van der Waals surface area contributed by atoms with Crippen LogP contribution in [0.4, 0.5) is 16.2 Å². The van der Waals surface area contributed by atoms with Crippen LogP contribution in [0.25, 0.3) is 10.8 Å². The Labute approximate surface area is 312 Å². The molecule has 1 saturated heterocycles. The SMILES string of the molecule is CC(C)[C@H]1C(=O)N2C(C(=O)OC(=O)c3ccc([N+](=O)[O-])cc3)=C(COc3cccc4c(CCNC(=O)OC(=O)c5ccc([N+](=O)[O-])cc5)cccc34)[C@H](C)[C@H]12. The fraction of sp³-hybridized carbons (Fsp3) is 0.256. The highest BCUT2D eigenvalue weighted by atomic mass is 16.6. The third kappa shape index (κ3) is 7.60. The summed E-state index contributed by atoms with van der Waals surface area (Å²) in [5.41, 5.74) is 0.684. The number of hydrogen-bond acceptors (Lipinski definition) is 12. The van der Waals surface area contributed by atoms with E-state index < -0.39 is 33.8 Å². The molecule has 4 aromatic rings. The number of carbonyl (C=O) groups is 5. The number of nitrogens with zero attached hydrogens (tertiary/aromatic N) is 3. The number of nitrogens with one attached hydrogen (secondary N) is 1. The Morgan fingerprint density at radius 1 is 0.782 bits per heavy atom. The number of amides is 2. The highest BCUT2D eigenvalue weighted by Gasteiger charge is 2.59. The Balaban J connectivity index is 1.15. The van der Waals surface area contributed by atoms with Gasteiger partial charge in [0.25, 0.3) is 11.4 Å². The van der Waals surface area contributed by atoms with Gasteiger partial charge in [0.15, 0.2) is 0 Å². The lowest BCUT2D eigenvalue weighted by Crippen LogP contribution is -2.62. The number of β-lactam (4-membered cyclic amide) rings is 1. The van der Waals surface area contributed by atoms with Crippen molar-refractivity contribution in [3.63, 3.8) is 0 Å². The average molecular weight is 751 g/mol. The topological polar surface area (TPSA) is 215 Å². The Hall–Kier alpha value is -6.97. The summed E-state index contributed by atoms with van der Waals surface area (Å²) in [7, 11) is 0. The summed E-state index contributed by atoms with van der Waals surface area (Å²) < 4.78 is 16.3. The maximum absolute atomic E-state index is 13.6. The van der Waals surface area contributed by atoms with Crippen molar-refractivity contribution in [2.24, 2.45) is 17.8 Å². The lowest BCUT2D eigenvalue weighted by Gasteiger charge is -2.47. The fourth-order valence-electron chi connectivity index (χ4n) is 6.97. The van der Waals surface area contributed by atoms with Crippen molar-refractivity contribution in [1.82, 2.24) is 10.2 Å². The lowest BCUT2D eigenvalue weighted by molar-refractivity contribution is -0.385. The van der Waals surface area contributed by atoms with Crippen LogP contribution in [-0.2, 0) is 25.5 Å². The standard InChI is InChI=1S/C39H34N4O12/c1-21(2)32-33-22(3)30(34(41(33)35(32)44)38(47)54-36(45)24-10-14-26(15-11-24)42(49)50)20-53-31-9-5-7-28-23(6-4-8-29(28)31)18-19-40-39(48)55-37(46)25-12-16-27(17-13-25)43(51)52/h4-17,21-22,32-33H,18-20H2,1-3H3,(H,40,48)/t22-,32+,33+/m0/s1. The summed E-state index contributed by atoms with van der Waals surface area (Å²) in [6, 6.07) is 19.8. The van der Waals surface area contributed by atoms with Gasteiger partial charge >= 0.3 is 24.0 Å². The van der Waals surface area contributed by atoms with E-state index in [2.05, 4.69) is 5.32 Å². The van der Waals surface area contributed by atoms with Gasteiger partial charge in [0.2, 0.25) is 5.91 Å². The molecular formula is C39H34N4O12. The van der Waals surface area contributed by atoms with Crippen molar-refractivity contribution in [2.45, 2.75) is 33.2 Å². The zero-order chi connectivity index (χ0) is 39.6. The zero-order valence-electron chi connectivity index (χ0n) is 29.8. The van der Waals surface area contributed by atoms with Crippen molar-refractivity contribution >= 4 is 52.1 Å². The summed E-state index contributed by atoms with van der Waals surface area (Å²) >= 11 is 0. The third-order valence-electron chi connectivity index (χ3n) is 9.72. The van der Waals surface area contributed by atoms with Crippen LogP contribution in [0.2, 0.25) is 0 Å². The van der Waals surface area contributed by atoms with Crippen molar-refractivity contribution in [3.05, 3.63) is 133 Å². The van der Waals surface area contributed by atoms with Gasteiger partial charge in [-0.3, -0.25) is 25.0 Å². The molecular weight excluding hydrogens is 716 g/mol. The molecule has 0 radical (unpaired) electrons. The lowest BCUT2D eigenvalue weighted by atomic mass is 9.74. The molecule has 16 nitrogen and oxygen atoms in total. The summed E-state index contributed by atoms with van der Waals surface area (Å²) in [6.07, 6.45) is -0.643. The van der Waals surface area contributed by atoms with Gasteiger partial charge in [0.05, 0.1) is 32.9 Å². The highest BCUT2D eigenvalue weighted by molar-refractivity contribution is 6.06. The molecule has 2 amide bonds. The van der Waals surface area contributed by atoms with Crippen LogP contribution in [0, 0.1) is 38.0 Å². The molecule has 6 rings (SSSR count). The van der Waals surface area contributed by atoms with Gasteiger partial charge in [-0.25, -0.2) is 19.2 Å². The Kier molecular flexibility index (Phi) is 10.7. The molecule has 0 aromatic heterocycles. The minimum Gasteiger partial charge on any atom is -0.488 e. The minimum atomic E-state index is -1.03. The van der Waals surface area contributed by atoms with E-state index in [0.29, 0.717) is 17.7 Å². The van der Waals surface area contributed by atoms with Crippen molar-refractivity contribution in [2.75, 3.05) is 13.2 Å². The second-order valence-electron chi connectivity index (χ2n) is 13.3. The number of fused-ring (bicyclic) bond motifs is 2. The molecule has 0 aliphatic carbocycles. The van der Waals surface area contributed by atoms with Crippen LogP contribution in [-0.4, -0.2) is 63.8 Å². The molecule has 0 saturated carbocycles. The Bertz CT molecular complexity index is 2270. The number of carbonyl (C=O) groups excluding carboxylic acids is 5. The molecule has 1 N–H and O–H groups in total. The number of non-ortho nitro benzene ring substituents is 2. The first-order valence-electron chi connectivity index (χ1n) is 17.2. The molecule has 16 heteroatoms. The van der Waals surface area contributed by atoms with Crippen molar-refractivity contribution in [3.8, 4) is 5.75 Å². The maximum Gasteiger partial charge on any atom is 0.415 e. The summed E-state index contributed by atoms with van der Waals surface area (Å²) in [5.74, 6) is -3.51. The quantitative estimate of drug-likeness (QED) is 0.0588. The zero-order valence-corrected chi connectivity index (χ0v) is 29.8. The first-order valence-corrected chi connectivity index (χ1v) is 17.2. The summed E-state index contributed by atoms with van der Waals surface area (Å²) in [4.78, 5) is 86.5. The average Bonchev–Trinajstić information content (AvgIpc) is 3.40. The van der Waals surface area contributed by atoms with Crippen LogP contribution in [0.15, 0.2) is 96.2 Å². The molecule has 0 unspecified atom stereocenters. The predicted octanol–water partition coefficient (Wildman–Crippen LogP) is 5.91. The molecule has 4 aromatic carbocycles. The molecule has 0 spiro atoms. The number of nitro benzene ring substituents is 2. The van der Waals surface area contributed by atoms with Gasteiger partial charge in [-0.15, -0.1) is 0 Å². The molecule has 2 aliphatic heterocycles. The third-order valence-corrected chi connectivity index (χ3v) is 9.72. The number of nitro groups is 2. The number of alkyl carbamates (subject to hydrolysis) is 1. The van der Waals surface area contributed by atoms with Crippen LogP contribution in [0.3, 0.4) is 0 Å². The maximum atomic E-state index is 13.6. The Morgan fingerprint density at radius 2 is 1.35 bits per heavy atom. The van der Waals surface area contributed by atoms with E-state index in [0.717, 1.165) is 40.6 Å². The van der Waals surface area contributed by atoms with Crippen LogP contribution in [0.1, 0.15) is 47.1 Å². The van der Waals surface area contributed by atoms with E-state index in [4.69, 9.17) is 14.2 Å². The van der Waals surface area contributed by atoms with Gasteiger partial charge in [-0.05, 0) is 53.6 Å². The van der Waals surface area contributed by atoms with E-state index in [1.807, 2.05) is 45.0 Å². The van der Waals surface area contributed by atoms with Crippen LogP contribution < -0.4 is 10.1 Å². The van der Waals surface area contributed by atoms with E-state index in [1.54, 1.807) is 12.1 Å². The molecule has 1 fully saturated rings. The van der Waals surface area contributed by atoms with Gasteiger partial charge in [-0.1, -0.05) is 51.1 Å². The Morgan fingerprint density at radius 3 is 1.93 bits per heavy atom. The number of esters is 3. The van der Waals surface area contributed by atoms with Gasteiger partial charge in [0, 0.05) is 47.7 Å².